The Labute approximate surface area is 102 Å². The van der Waals surface area contributed by atoms with Gasteiger partial charge in [0.25, 0.3) is 0 Å². The molecular weight excluding hydrogens is 212 g/mol. The number of amides is 1. The molecule has 2 heterocycles. The van der Waals surface area contributed by atoms with Gasteiger partial charge < -0.3 is 10.2 Å². The first kappa shape index (κ1) is 10.8. The number of hydrogen-bond donors (Lipinski definition) is 1. The summed E-state index contributed by atoms with van der Waals surface area (Å²) in [5, 5.41) is 3.08. The lowest BCUT2D eigenvalue weighted by molar-refractivity contribution is -0.120. The number of carbonyl (C=O) groups excluding carboxylic acids is 1. The molecule has 1 fully saturated rings. The second-order valence-corrected chi connectivity index (χ2v) is 5.44. The van der Waals surface area contributed by atoms with Crippen LogP contribution in [0.5, 0.6) is 0 Å². The molecule has 0 radical (unpaired) electrons. The number of hydrogen-bond acceptors (Lipinski definition) is 2. The summed E-state index contributed by atoms with van der Waals surface area (Å²) in [6, 6.07) is 6.30. The third-order valence-corrected chi connectivity index (χ3v) is 3.96. The first-order valence-electron chi connectivity index (χ1n) is 6.22. The van der Waals surface area contributed by atoms with Crippen molar-refractivity contribution in [2.24, 2.45) is 11.8 Å². The molecule has 17 heavy (non-hydrogen) atoms. The van der Waals surface area contributed by atoms with Gasteiger partial charge in [0.15, 0.2) is 0 Å². The van der Waals surface area contributed by atoms with Gasteiger partial charge in [0.2, 0.25) is 5.91 Å². The lowest BCUT2D eigenvalue weighted by Crippen LogP contribution is -2.27. The summed E-state index contributed by atoms with van der Waals surface area (Å²) in [5.41, 5.74) is 3.57. The summed E-state index contributed by atoms with van der Waals surface area (Å²) in [5.74, 6) is 0.831. The van der Waals surface area contributed by atoms with Gasteiger partial charge in [-0.2, -0.15) is 0 Å². The van der Waals surface area contributed by atoms with Gasteiger partial charge in [-0.05, 0) is 37.9 Å². The van der Waals surface area contributed by atoms with Crippen molar-refractivity contribution >= 4 is 11.6 Å². The maximum Gasteiger partial charge on any atom is 0.229 e. The first-order valence-corrected chi connectivity index (χ1v) is 6.22. The minimum absolute atomic E-state index is 0.160. The van der Waals surface area contributed by atoms with Crippen LogP contribution in [0.4, 0.5) is 5.69 Å². The van der Waals surface area contributed by atoms with Crippen LogP contribution < -0.4 is 5.32 Å². The summed E-state index contributed by atoms with van der Waals surface area (Å²) < 4.78 is 0. The predicted octanol–water partition coefficient (Wildman–Crippen LogP) is 1.67. The number of rotatable bonds is 0. The van der Waals surface area contributed by atoms with E-state index < -0.39 is 0 Å². The van der Waals surface area contributed by atoms with Crippen LogP contribution in [0.15, 0.2) is 18.2 Å². The lowest BCUT2D eigenvalue weighted by atomic mass is 9.90. The van der Waals surface area contributed by atoms with Crippen molar-refractivity contribution in [2.45, 2.75) is 13.3 Å². The van der Waals surface area contributed by atoms with Gasteiger partial charge in [-0.25, -0.2) is 0 Å². The second kappa shape index (κ2) is 3.84. The van der Waals surface area contributed by atoms with E-state index >= 15 is 0 Å². The number of anilines is 1. The van der Waals surface area contributed by atoms with Crippen LogP contribution in [0, 0.1) is 18.8 Å². The molecule has 0 aliphatic carbocycles. The van der Waals surface area contributed by atoms with E-state index in [-0.39, 0.29) is 11.8 Å². The Morgan fingerprint density at radius 3 is 3.00 bits per heavy atom. The fraction of sp³-hybridized carbons (Fsp3) is 0.500. The molecule has 0 bridgehead atoms. The van der Waals surface area contributed by atoms with Gasteiger partial charge >= 0.3 is 0 Å². The van der Waals surface area contributed by atoms with Gasteiger partial charge in [-0.15, -0.1) is 0 Å². The van der Waals surface area contributed by atoms with Crippen LogP contribution >= 0.6 is 0 Å². The minimum atomic E-state index is 0.160. The Morgan fingerprint density at radius 1 is 1.35 bits per heavy atom. The third kappa shape index (κ3) is 1.84. The van der Waals surface area contributed by atoms with E-state index in [1.807, 2.05) is 6.07 Å². The Balaban J connectivity index is 1.98. The van der Waals surface area contributed by atoms with Gasteiger partial charge in [0.05, 0.1) is 5.92 Å². The smallest absolute Gasteiger partial charge is 0.229 e. The van der Waals surface area contributed by atoms with Gasteiger partial charge in [0, 0.05) is 18.8 Å². The molecular formula is C14H18N2O. The van der Waals surface area contributed by atoms with E-state index in [9.17, 15) is 4.79 Å². The molecule has 3 nitrogen and oxygen atoms in total. The second-order valence-electron chi connectivity index (χ2n) is 5.44. The number of carbonyl (C=O) groups is 1. The molecule has 2 unspecified atom stereocenters. The number of nitrogens with one attached hydrogen (secondary N) is 1. The Morgan fingerprint density at radius 2 is 2.18 bits per heavy atom. The van der Waals surface area contributed by atoms with E-state index in [1.54, 1.807) is 0 Å². The number of nitrogens with zero attached hydrogens (tertiary/aromatic N) is 1. The Hall–Kier alpha value is -1.35. The van der Waals surface area contributed by atoms with Crippen molar-refractivity contribution in [2.75, 3.05) is 25.5 Å². The fourth-order valence-corrected chi connectivity index (χ4v) is 3.11. The summed E-state index contributed by atoms with van der Waals surface area (Å²) in [6.45, 7) is 4.03. The van der Waals surface area contributed by atoms with Gasteiger partial charge in [-0.1, -0.05) is 17.7 Å². The zero-order valence-corrected chi connectivity index (χ0v) is 10.4. The average Bonchev–Trinajstić information content (AvgIpc) is 2.58. The standard InChI is InChI=1S/C14H18N2O/c1-9-3-4-13-10(5-9)6-11-7-16(2)8-12(11)14(17)15-13/h3-5,11-12H,6-8H2,1-2H3,(H,15,17). The van der Waals surface area contributed by atoms with Crippen LogP contribution in [0.2, 0.25) is 0 Å². The zero-order valence-electron chi connectivity index (χ0n) is 10.4. The molecule has 1 N–H and O–H groups in total. The SMILES string of the molecule is Cc1ccc2c(c1)CC1CN(C)CC1C(=O)N2. The monoisotopic (exact) mass is 230 g/mol. The maximum atomic E-state index is 12.2. The fourth-order valence-electron chi connectivity index (χ4n) is 3.11. The molecule has 1 saturated heterocycles. The molecule has 1 amide bonds. The van der Waals surface area contributed by atoms with E-state index in [4.69, 9.17) is 0 Å². The van der Waals surface area contributed by atoms with Crippen molar-refractivity contribution < 1.29 is 4.79 Å². The highest BCUT2D eigenvalue weighted by Gasteiger charge is 2.38. The largest absolute Gasteiger partial charge is 0.326 e. The predicted molar refractivity (Wildman–Crippen MR) is 68.0 cm³/mol. The molecule has 1 aromatic rings. The topological polar surface area (TPSA) is 32.3 Å². The molecule has 0 aromatic heterocycles. The van der Waals surface area contributed by atoms with Crippen LogP contribution in [0.25, 0.3) is 0 Å². The highest BCUT2D eigenvalue weighted by molar-refractivity contribution is 5.94. The van der Waals surface area contributed by atoms with Gasteiger partial charge in [0.1, 0.15) is 0 Å². The Bertz CT molecular complexity index is 469. The number of likely N-dealkylation sites (tertiary alicyclic amines) is 1. The molecule has 2 atom stereocenters. The van der Waals surface area contributed by atoms with Crippen molar-refractivity contribution in [3.8, 4) is 0 Å². The molecule has 2 aliphatic rings. The van der Waals surface area contributed by atoms with Crippen LogP contribution in [-0.2, 0) is 11.2 Å². The summed E-state index contributed by atoms with van der Waals surface area (Å²) in [7, 11) is 2.10. The van der Waals surface area contributed by atoms with E-state index in [1.165, 1.54) is 11.1 Å². The number of aryl methyl sites for hydroxylation is 1. The van der Waals surface area contributed by atoms with Crippen molar-refractivity contribution in [3.05, 3.63) is 29.3 Å². The van der Waals surface area contributed by atoms with Gasteiger partial charge in [-0.3, -0.25) is 4.79 Å². The summed E-state index contributed by atoms with van der Waals surface area (Å²) in [4.78, 5) is 14.4. The summed E-state index contributed by atoms with van der Waals surface area (Å²) in [6.07, 6.45) is 1.02. The summed E-state index contributed by atoms with van der Waals surface area (Å²) >= 11 is 0. The van der Waals surface area contributed by atoms with Crippen LogP contribution in [0.3, 0.4) is 0 Å². The number of fused-ring (bicyclic) bond motifs is 2. The first-order chi connectivity index (χ1) is 8.13. The molecule has 2 aliphatic heterocycles. The minimum Gasteiger partial charge on any atom is -0.326 e. The van der Waals surface area contributed by atoms with Crippen LogP contribution in [-0.4, -0.2) is 30.9 Å². The highest BCUT2D eigenvalue weighted by Crippen LogP contribution is 2.33. The van der Waals surface area contributed by atoms with E-state index in [2.05, 4.69) is 36.3 Å². The highest BCUT2D eigenvalue weighted by atomic mass is 16.2. The molecule has 0 saturated carbocycles. The molecule has 3 heteroatoms. The third-order valence-electron chi connectivity index (χ3n) is 3.96. The number of benzene rings is 1. The van der Waals surface area contributed by atoms with Crippen molar-refractivity contribution in [1.29, 1.82) is 0 Å². The molecule has 90 valence electrons. The molecule has 0 spiro atoms. The van der Waals surface area contributed by atoms with Crippen molar-refractivity contribution in [1.82, 2.24) is 4.90 Å². The molecule has 1 aromatic carbocycles. The normalized spacial score (nSPS) is 28.2. The van der Waals surface area contributed by atoms with E-state index in [0.717, 1.165) is 25.2 Å². The van der Waals surface area contributed by atoms with Crippen molar-refractivity contribution in [3.63, 3.8) is 0 Å². The average molecular weight is 230 g/mol. The molecule has 3 rings (SSSR count). The zero-order chi connectivity index (χ0) is 12.0. The van der Waals surface area contributed by atoms with E-state index in [0.29, 0.717) is 5.92 Å². The quantitative estimate of drug-likeness (QED) is 0.735. The lowest BCUT2D eigenvalue weighted by Gasteiger charge is -2.12. The Kier molecular flexibility index (Phi) is 2.44. The maximum absolute atomic E-state index is 12.2. The van der Waals surface area contributed by atoms with Crippen LogP contribution in [0.1, 0.15) is 11.1 Å².